The zero-order chi connectivity index (χ0) is 23.0. The molecule has 164 valence electrons. The molecule has 0 spiro atoms. The topological polar surface area (TPSA) is 86.5 Å². The van der Waals surface area contributed by atoms with Gasteiger partial charge < -0.3 is 4.18 Å². The van der Waals surface area contributed by atoms with Gasteiger partial charge in [0.25, 0.3) is 0 Å². The lowest BCUT2D eigenvalue weighted by atomic mass is 9.82. The number of carbonyl (C=O) groups excluding carboxylic acids is 1. The molecule has 0 aromatic heterocycles. The van der Waals surface area contributed by atoms with E-state index >= 15 is 0 Å². The molecule has 2 aromatic carbocycles. The average molecular weight is 443 g/mol. The van der Waals surface area contributed by atoms with Crippen LogP contribution in [0.2, 0.25) is 0 Å². The highest BCUT2D eigenvalue weighted by atomic mass is 32.2. The quantitative estimate of drug-likeness (QED) is 0.605. The van der Waals surface area contributed by atoms with Gasteiger partial charge in [-0.05, 0) is 47.6 Å². The van der Waals surface area contributed by atoms with E-state index in [1.54, 1.807) is 27.7 Å². The van der Waals surface area contributed by atoms with E-state index in [4.69, 9.17) is 9.32 Å². The molecule has 0 aliphatic carbocycles. The van der Waals surface area contributed by atoms with Crippen molar-refractivity contribution < 1.29 is 30.6 Å². The molecule has 9 heteroatoms. The Balaban J connectivity index is 3.09. The van der Waals surface area contributed by atoms with Crippen molar-refractivity contribution >= 4 is 16.1 Å². The summed E-state index contributed by atoms with van der Waals surface area (Å²) in [5, 5.41) is 5.08. The Morgan fingerprint density at radius 1 is 1.03 bits per heavy atom. The van der Waals surface area contributed by atoms with Gasteiger partial charge in [-0.2, -0.15) is 26.7 Å². The highest BCUT2D eigenvalue weighted by Crippen LogP contribution is 2.45. The third-order valence-corrected chi connectivity index (χ3v) is 5.02. The second kappa shape index (κ2) is 8.39. The van der Waals surface area contributed by atoms with Crippen LogP contribution in [0, 0.1) is 0 Å². The molecule has 30 heavy (non-hydrogen) atoms. The van der Waals surface area contributed by atoms with Crippen LogP contribution in [0.4, 0.5) is 13.2 Å². The van der Waals surface area contributed by atoms with Crippen LogP contribution in [0.5, 0.6) is 5.75 Å². The lowest BCUT2D eigenvalue weighted by Crippen LogP contribution is -2.22. The first-order valence-corrected chi connectivity index (χ1v) is 10.7. The van der Waals surface area contributed by atoms with Crippen molar-refractivity contribution in [3.63, 3.8) is 0 Å². The summed E-state index contributed by atoms with van der Waals surface area (Å²) >= 11 is 0. The SMILES string of the molecule is CC(=O)c1c(-c2ccccc2C(F)(F)F)cc(C(C)C)c(OS(N)(=O)=O)c1C(C)C. The van der Waals surface area contributed by atoms with Gasteiger partial charge in [0.2, 0.25) is 0 Å². The molecule has 5 nitrogen and oxygen atoms in total. The Morgan fingerprint density at radius 3 is 2.03 bits per heavy atom. The first-order chi connectivity index (χ1) is 13.6. The molecular weight excluding hydrogens is 419 g/mol. The number of rotatable bonds is 6. The Hall–Kier alpha value is -2.39. The summed E-state index contributed by atoms with van der Waals surface area (Å²) in [6.45, 7) is 8.09. The lowest BCUT2D eigenvalue weighted by molar-refractivity contribution is -0.137. The molecule has 2 aromatic rings. The van der Waals surface area contributed by atoms with E-state index in [0.29, 0.717) is 5.56 Å². The fourth-order valence-electron chi connectivity index (χ4n) is 3.45. The molecule has 0 amide bonds. The molecule has 0 aliphatic heterocycles. The number of hydrogen-bond donors (Lipinski definition) is 1. The van der Waals surface area contributed by atoms with Crippen molar-refractivity contribution in [1.29, 1.82) is 0 Å². The number of halogens is 3. The van der Waals surface area contributed by atoms with E-state index in [0.717, 1.165) is 6.07 Å². The van der Waals surface area contributed by atoms with Gasteiger partial charge in [0, 0.05) is 11.1 Å². The van der Waals surface area contributed by atoms with Crippen LogP contribution in [0.1, 0.15) is 73.5 Å². The number of nitrogens with two attached hydrogens (primary N) is 1. The van der Waals surface area contributed by atoms with E-state index in [2.05, 4.69) is 0 Å². The van der Waals surface area contributed by atoms with Crippen LogP contribution in [-0.4, -0.2) is 14.2 Å². The van der Waals surface area contributed by atoms with E-state index in [1.165, 1.54) is 31.2 Å². The van der Waals surface area contributed by atoms with E-state index in [-0.39, 0.29) is 33.9 Å². The second-order valence-corrected chi connectivity index (χ2v) is 8.77. The Morgan fingerprint density at radius 2 is 1.60 bits per heavy atom. The number of hydrogen-bond acceptors (Lipinski definition) is 4. The van der Waals surface area contributed by atoms with Gasteiger partial charge in [-0.3, -0.25) is 4.79 Å². The molecule has 0 radical (unpaired) electrons. The lowest BCUT2D eigenvalue weighted by Gasteiger charge is -2.25. The van der Waals surface area contributed by atoms with Crippen LogP contribution in [-0.2, 0) is 16.5 Å². The van der Waals surface area contributed by atoms with E-state index in [9.17, 15) is 26.4 Å². The first kappa shape index (κ1) is 23.9. The molecule has 0 atom stereocenters. The van der Waals surface area contributed by atoms with Crippen LogP contribution < -0.4 is 9.32 Å². The molecule has 0 saturated heterocycles. The molecule has 2 N–H and O–H groups in total. The molecule has 0 heterocycles. The minimum absolute atomic E-state index is 0.0234. The smallest absolute Gasteiger partial charge is 0.370 e. The first-order valence-electron chi connectivity index (χ1n) is 9.25. The maximum absolute atomic E-state index is 13.7. The van der Waals surface area contributed by atoms with Gasteiger partial charge in [0.1, 0.15) is 0 Å². The van der Waals surface area contributed by atoms with Gasteiger partial charge in [-0.25, -0.2) is 0 Å². The summed E-state index contributed by atoms with van der Waals surface area (Å²) in [4.78, 5) is 12.6. The zero-order valence-corrected chi connectivity index (χ0v) is 18.1. The summed E-state index contributed by atoms with van der Waals surface area (Å²) < 4.78 is 69.5. The maximum atomic E-state index is 13.7. The largest absolute Gasteiger partial charge is 0.417 e. The standard InChI is InChI=1S/C21H24F3NO4S/c1-11(2)15-10-16(14-8-6-7-9-17(14)21(22,23)24)19(13(5)26)18(12(3)4)20(15)29-30(25,27)28/h6-12H,1-5H3,(H2,25,27,28). The molecular formula is C21H24F3NO4S. The summed E-state index contributed by atoms with van der Waals surface area (Å²) in [5.41, 5.74) is -0.466. The minimum Gasteiger partial charge on any atom is -0.370 e. The van der Waals surface area contributed by atoms with Gasteiger partial charge in [0.05, 0.1) is 5.56 Å². The highest BCUT2D eigenvalue weighted by molar-refractivity contribution is 7.84. The number of ketones is 1. The summed E-state index contributed by atoms with van der Waals surface area (Å²) in [5.74, 6) is -1.38. The second-order valence-electron chi connectivity index (χ2n) is 7.62. The highest BCUT2D eigenvalue weighted by Gasteiger charge is 2.35. The number of carbonyl (C=O) groups is 1. The average Bonchev–Trinajstić information content (AvgIpc) is 2.58. The van der Waals surface area contributed by atoms with Crippen LogP contribution in [0.15, 0.2) is 30.3 Å². The third kappa shape index (κ3) is 5.02. The fourth-order valence-corrected chi connectivity index (χ4v) is 3.87. The molecule has 0 saturated carbocycles. The summed E-state index contributed by atoms with van der Waals surface area (Å²) in [7, 11) is -4.43. The van der Waals surface area contributed by atoms with Crippen molar-refractivity contribution in [3.8, 4) is 16.9 Å². The van der Waals surface area contributed by atoms with Crippen LogP contribution in [0.3, 0.4) is 0 Å². The van der Waals surface area contributed by atoms with Gasteiger partial charge in [-0.15, -0.1) is 0 Å². The van der Waals surface area contributed by atoms with Crippen molar-refractivity contribution in [2.24, 2.45) is 5.14 Å². The van der Waals surface area contributed by atoms with E-state index in [1.807, 2.05) is 0 Å². The van der Waals surface area contributed by atoms with Crippen molar-refractivity contribution in [2.45, 2.75) is 52.6 Å². The molecule has 0 unspecified atom stereocenters. The summed E-state index contributed by atoms with van der Waals surface area (Å²) in [6.07, 6.45) is -4.64. The molecule has 0 fully saturated rings. The Bertz CT molecular complexity index is 1070. The predicted molar refractivity (Wildman–Crippen MR) is 109 cm³/mol. The number of Topliss-reactive ketones (excluding diaryl/α,β-unsaturated/α-hetero) is 1. The fraction of sp³-hybridized carbons (Fsp3) is 0.381. The monoisotopic (exact) mass is 443 g/mol. The third-order valence-electron chi connectivity index (χ3n) is 4.62. The molecule has 2 rings (SSSR count). The molecule has 0 aliphatic rings. The molecule has 0 bridgehead atoms. The predicted octanol–water partition coefficient (Wildman–Crippen LogP) is 5.40. The Labute approximate surface area is 174 Å². The van der Waals surface area contributed by atoms with Crippen molar-refractivity contribution in [1.82, 2.24) is 0 Å². The van der Waals surface area contributed by atoms with Crippen molar-refractivity contribution in [3.05, 3.63) is 52.6 Å². The van der Waals surface area contributed by atoms with Gasteiger partial charge >= 0.3 is 16.5 Å². The van der Waals surface area contributed by atoms with Gasteiger partial charge in [0.15, 0.2) is 11.5 Å². The number of benzene rings is 2. The zero-order valence-electron chi connectivity index (χ0n) is 17.3. The maximum Gasteiger partial charge on any atom is 0.417 e. The van der Waals surface area contributed by atoms with E-state index < -0.39 is 33.7 Å². The normalized spacial score (nSPS) is 12.5. The minimum atomic E-state index is -4.64. The van der Waals surface area contributed by atoms with Crippen LogP contribution >= 0.6 is 0 Å². The van der Waals surface area contributed by atoms with Crippen molar-refractivity contribution in [2.75, 3.05) is 0 Å². The number of alkyl halides is 3. The van der Waals surface area contributed by atoms with Gasteiger partial charge in [-0.1, -0.05) is 45.9 Å². The summed E-state index contributed by atoms with van der Waals surface area (Å²) in [6, 6.07) is 6.34. The Kier molecular flexibility index (Phi) is 6.68. The van der Waals surface area contributed by atoms with Crippen LogP contribution in [0.25, 0.3) is 11.1 Å².